The molecule has 0 saturated carbocycles. The fourth-order valence-corrected chi connectivity index (χ4v) is 2.91. The predicted molar refractivity (Wildman–Crippen MR) is 93.1 cm³/mol. The monoisotopic (exact) mass is 354 g/mol. The molecule has 2 rings (SSSR count). The van der Waals surface area contributed by atoms with Crippen LogP contribution in [0.25, 0.3) is 5.69 Å². The highest BCUT2D eigenvalue weighted by molar-refractivity contribution is 6.34. The van der Waals surface area contributed by atoms with E-state index >= 15 is 0 Å². The fourth-order valence-electron chi connectivity index (χ4n) is 2.55. The zero-order chi connectivity index (χ0) is 17.4. The van der Waals surface area contributed by atoms with Crippen molar-refractivity contribution in [2.45, 2.75) is 40.5 Å². The summed E-state index contributed by atoms with van der Waals surface area (Å²) in [5.41, 5.74) is 1.97. The molecule has 1 N–H and O–H groups in total. The molecule has 2 aromatic rings. The van der Waals surface area contributed by atoms with Crippen molar-refractivity contribution >= 4 is 29.2 Å². The van der Waals surface area contributed by atoms with Crippen LogP contribution in [0, 0.1) is 5.41 Å². The Morgan fingerprint density at radius 2 is 1.96 bits per heavy atom. The number of benzene rings is 1. The SMILES string of the molecule is CCc1c(C(=O)O)c(CC(C)(C)C)nn1-c1cc(Cl)ccc1Cl. The first-order valence-corrected chi connectivity index (χ1v) is 8.19. The molecule has 0 spiro atoms. The highest BCUT2D eigenvalue weighted by Gasteiger charge is 2.26. The van der Waals surface area contributed by atoms with Gasteiger partial charge in [-0.2, -0.15) is 5.10 Å². The minimum Gasteiger partial charge on any atom is -0.478 e. The molecule has 1 heterocycles. The molecule has 0 atom stereocenters. The van der Waals surface area contributed by atoms with Crippen LogP contribution in [0.1, 0.15) is 49.4 Å². The molecule has 0 aliphatic carbocycles. The summed E-state index contributed by atoms with van der Waals surface area (Å²) in [6, 6.07) is 5.07. The zero-order valence-electron chi connectivity index (χ0n) is 13.7. The van der Waals surface area contributed by atoms with E-state index in [1.165, 1.54) is 0 Å². The number of carboxylic acids is 1. The standard InChI is InChI=1S/C17H20Cl2N2O2/c1-5-13-15(16(22)23)12(9-17(2,3)4)20-21(13)14-8-10(18)6-7-11(14)19/h6-8H,5,9H2,1-4H3,(H,22,23). The first-order valence-electron chi connectivity index (χ1n) is 7.43. The van der Waals surface area contributed by atoms with Gasteiger partial charge in [0.2, 0.25) is 0 Å². The minimum absolute atomic E-state index is 0.0769. The van der Waals surface area contributed by atoms with E-state index in [2.05, 4.69) is 25.9 Å². The van der Waals surface area contributed by atoms with E-state index in [1.54, 1.807) is 22.9 Å². The molecule has 0 aliphatic heterocycles. The number of rotatable bonds is 4. The molecule has 0 bridgehead atoms. The van der Waals surface area contributed by atoms with E-state index in [1.807, 2.05) is 6.92 Å². The van der Waals surface area contributed by atoms with Gasteiger partial charge in [-0.05, 0) is 36.5 Å². The third-order valence-corrected chi connectivity index (χ3v) is 3.99. The normalized spacial score (nSPS) is 11.7. The van der Waals surface area contributed by atoms with Crippen LogP contribution < -0.4 is 0 Å². The quantitative estimate of drug-likeness (QED) is 0.837. The van der Waals surface area contributed by atoms with Gasteiger partial charge in [-0.3, -0.25) is 0 Å². The largest absolute Gasteiger partial charge is 0.478 e. The molecule has 0 amide bonds. The molecular weight excluding hydrogens is 335 g/mol. The van der Waals surface area contributed by atoms with Crippen LogP contribution in [0.4, 0.5) is 0 Å². The first-order chi connectivity index (χ1) is 10.6. The number of halogens is 2. The molecule has 1 aromatic carbocycles. The third kappa shape index (κ3) is 3.88. The number of carbonyl (C=O) groups is 1. The van der Waals surface area contributed by atoms with Gasteiger partial charge in [-0.25, -0.2) is 9.48 Å². The Bertz CT molecular complexity index is 746. The van der Waals surface area contributed by atoms with E-state index in [-0.39, 0.29) is 11.0 Å². The minimum atomic E-state index is -0.967. The van der Waals surface area contributed by atoms with Crippen molar-refractivity contribution in [3.05, 3.63) is 45.2 Å². The molecule has 0 saturated heterocycles. The predicted octanol–water partition coefficient (Wildman–Crippen LogP) is 5.03. The summed E-state index contributed by atoms with van der Waals surface area (Å²) in [5, 5.41) is 15.2. The average molecular weight is 355 g/mol. The average Bonchev–Trinajstić information content (AvgIpc) is 2.77. The summed E-state index contributed by atoms with van der Waals surface area (Å²) >= 11 is 12.3. The number of hydrogen-bond acceptors (Lipinski definition) is 2. The molecule has 23 heavy (non-hydrogen) atoms. The van der Waals surface area contributed by atoms with Gasteiger partial charge >= 0.3 is 5.97 Å². The summed E-state index contributed by atoms with van der Waals surface area (Å²) in [6.07, 6.45) is 1.09. The maximum Gasteiger partial charge on any atom is 0.339 e. The van der Waals surface area contributed by atoms with Gasteiger partial charge < -0.3 is 5.11 Å². The second-order valence-corrected chi connectivity index (χ2v) is 7.52. The third-order valence-electron chi connectivity index (χ3n) is 3.44. The Hall–Kier alpha value is -1.52. The number of aromatic carboxylic acids is 1. The van der Waals surface area contributed by atoms with Gasteiger partial charge in [0.15, 0.2) is 0 Å². The lowest BCUT2D eigenvalue weighted by Crippen LogP contribution is -2.13. The summed E-state index contributed by atoms with van der Waals surface area (Å²) in [4.78, 5) is 11.8. The van der Waals surface area contributed by atoms with Gasteiger partial charge in [0.05, 0.1) is 22.1 Å². The summed E-state index contributed by atoms with van der Waals surface area (Å²) in [7, 11) is 0. The van der Waals surface area contributed by atoms with Crippen molar-refractivity contribution in [3.8, 4) is 5.69 Å². The van der Waals surface area contributed by atoms with E-state index < -0.39 is 5.97 Å². The van der Waals surface area contributed by atoms with Crippen LogP contribution in [-0.4, -0.2) is 20.9 Å². The van der Waals surface area contributed by atoms with Crippen molar-refractivity contribution < 1.29 is 9.90 Å². The Labute approximate surface area is 146 Å². The Kier molecular flexibility index (Phi) is 5.07. The van der Waals surface area contributed by atoms with Crippen LogP contribution >= 0.6 is 23.2 Å². The lowest BCUT2D eigenvalue weighted by atomic mass is 9.89. The van der Waals surface area contributed by atoms with Crippen molar-refractivity contribution in [3.63, 3.8) is 0 Å². The number of nitrogens with zero attached hydrogens (tertiary/aromatic N) is 2. The second-order valence-electron chi connectivity index (χ2n) is 6.67. The van der Waals surface area contributed by atoms with Crippen LogP contribution in [0.3, 0.4) is 0 Å². The molecule has 0 aliphatic rings. The summed E-state index contributed by atoms with van der Waals surface area (Å²) in [5.74, 6) is -0.967. The topological polar surface area (TPSA) is 55.1 Å². The fraction of sp³-hybridized carbons (Fsp3) is 0.412. The van der Waals surface area contributed by atoms with Gasteiger partial charge in [0, 0.05) is 5.02 Å². The van der Waals surface area contributed by atoms with Gasteiger partial charge in [-0.1, -0.05) is 50.9 Å². The molecule has 1 aromatic heterocycles. The Balaban J connectivity index is 2.71. The van der Waals surface area contributed by atoms with Gasteiger partial charge in [0.1, 0.15) is 5.56 Å². The first kappa shape index (κ1) is 17.8. The van der Waals surface area contributed by atoms with E-state index in [4.69, 9.17) is 23.2 Å². The Morgan fingerprint density at radius 1 is 1.30 bits per heavy atom. The van der Waals surface area contributed by atoms with Crippen molar-refractivity contribution in [1.82, 2.24) is 9.78 Å². The number of hydrogen-bond donors (Lipinski definition) is 1. The summed E-state index contributed by atoms with van der Waals surface area (Å²) < 4.78 is 1.61. The second kappa shape index (κ2) is 6.54. The van der Waals surface area contributed by atoms with Crippen LogP contribution in [0.15, 0.2) is 18.2 Å². The van der Waals surface area contributed by atoms with E-state index in [0.717, 1.165) is 0 Å². The molecule has 124 valence electrons. The number of carboxylic acid groups (broad SMARTS) is 1. The smallest absolute Gasteiger partial charge is 0.339 e. The lowest BCUT2D eigenvalue weighted by molar-refractivity contribution is 0.0694. The van der Waals surface area contributed by atoms with E-state index in [9.17, 15) is 9.90 Å². The molecule has 0 radical (unpaired) electrons. The maximum atomic E-state index is 11.8. The van der Waals surface area contributed by atoms with Crippen LogP contribution in [0.5, 0.6) is 0 Å². The maximum absolute atomic E-state index is 11.8. The molecule has 6 heteroatoms. The Morgan fingerprint density at radius 3 is 2.48 bits per heavy atom. The van der Waals surface area contributed by atoms with Crippen LogP contribution in [-0.2, 0) is 12.8 Å². The lowest BCUT2D eigenvalue weighted by Gasteiger charge is -2.16. The molecule has 0 fully saturated rings. The van der Waals surface area contributed by atoms with E-state index in [0.29, 0.717) is 40.0 Å². The molecule has 0 unspecified atom stereocenters. The van der Waals surface area contributed by atoms with Crippen molar-refractivity contribution in [2.24, 2.45) is 5.41 Å². The summed E-state index contributed by atoms with van der Waals surface area (Å²) in [6.45, 7) is 8.06. The molecular formula is C17H20Cl2N2O2. The zero-order valence-corrected chi connectivity index (χ0v) is 15.2. The highest BCUT2D eigenvalue weighted by atomic mass is 35.5. The van der Waals surface area contributed by atoms with Gasteiger partial charge in [-0.15, -0.1) is 0 Å². The van der Waals surface area contributed by atoms with Crippen molar-refractivity contribution in [1.29, 1.82) is 0 Å². The highest BCUT2D eigenvalue weighted by Crippen LogP contribution is 2.30. The van der Waals surface area contributed by atoms with Crippen molar-refractivity contribution in [2.75, 3.05) is 0 Å². The number of aromatic nitrogens is 2. The van der Waals surface area contributed by atoms with Crippen LogP contribution in [0.2, 0.25) is 10.0 Å². The molecule has 4 nitrogen and oxygen atoms in total. The van der Waals surface area contributed by atoms with Gasteiger partial charge in [0.25, 0.3) is 0 Å².